The fourth-order valence-corrected chi connectivity index (χ4v) is 4.56. The second kappa shape index (κ2) is 11.3. The molecular formula is C24H31F3N6O3. The highest BCUT2D eigenvalue weighted by Gasteiger charge is 2.40. The third kappa shape index (κ3) is 6.34. The van der Waals surface area contributed by atoms with Gasteiger partial charge in [0, 0.05) is 38.9 Å². The van der Waals surface area contributed by atoms with Crippen molar-refractivity contribution < 1.29 is 27.8 Å². The number of ether oxygens (including phenoxy) is 1. The summed E-state index contributed by atoms with van der Waals surface area (Å²) in [7, 11) is 0. The van der Waals surface area contributed by atoms with Crippen LogP contribution < -0.4 is 10.1 Å². The van der Waals surface area contributed by atoms with Crippen molar-refractivity contribution in [2.24, 2.45) is 5.10 Å². The Morgan fingerprint density at radius 1 is 1.19 bits per heavy atom. The third-order valence-corrected chi connectivity index (χ3v) is 6.51. The molecule has 1 saturated heterocycles. The van der Waals surface area contributed by atoms with Crippen molar-refractivity contribution in [1.29, 1.82) is 0 Å². The first-order chi connectivity index (χ1) is 17.2. The topological polar surface area (TPSA) is 105 Å². The molecule has 0 saturated carbocycles. The van der Waals surface area contributed by atoms with Gasteiger partial charge in [0.1, 0.15) is 11.6 Å². The van der Waals surface area contributed by atoms with Crippen LogP contribution in [0.2, 0.25) is 0 Å². The van der Waals surface area contributed by atoms with Gasteiger partial charge in [0.15, 0.2) is 5.82 Å². The van der Waals surface area contributed by atoms with Gasteiger partial charge in [-0.2, -0.15) is 22.9 Å². The average Bonchev–Trinajstić information content (AvgIpc) is 3.31. The first kappa shape index (κ1) is 25.9. The van der Waals surface area contributed by atoms with Crippen molar-refractivity contribution in [2.45, 2.75) is 63.6 Å². The third-order valence-electron chi connectivity index (χ3n) is 6.51. The van der Waals surface area contributed by atoms with E-state index in [0.717, 1.165) is 36.4 Å². The van der Waals surface area contributed by atoms with Gasteiger partial charge in [-0.05, 0) is 49.8 Å². The molecule has 2 N–H and O–H groups in total. The molecule has 2 aromatic rings. The number of benzene rings is 1. The van der Waals surface area contributed by atoms with E-state index < -0.39 is 12.0 Å². The lowest BCUT2D eigenvalue weighted by molar-refractivity contribution is -0.147. The molecule has 0 aliphatic carbocycles. The Hall–Kier alpha value is -3.15. The quantitative estimate of drug-likeness (QED) is 0.568. The molecule has 12 heteroatoms. The largest absolute Gasteiger partial charge is 0.491 e. The molecule has 3 heterocycles. The molecule has 0 bridgehead atoms. The Morgan fingerprint density at radius 3 is 2.58 bits per heavy atom. The fraction of sp³-hybridized carbons (Fsp3) is 0.583. The summed E-state index contributed by atoms with van der Waals surface area (Å²) in [5.74, 6) is 0.788. The number of aromatic nitrogens is 3. The number of nitrogens with one attached hydrogen (secondary N) is 1. The van der Waals surface area contributed by atoms with Crippen LogP contribution in [0.15, 0.2) is 29.4 Å². The standard InChI is InChI=1S/C24H31F3N6O3/c1-16(2-9-22(35)28-12-15-34)36-19-5-3-17(4-6-19)18-10-13-32(14-11-18)21-8-7-20-29-30-23(24(25,26)27)33(20)31-21/h3-6,16,18,34H,2,7-15H2,1H3,(H,28,35). The lowest BCUT2D eigenvalue weighted by atomic mass is 9.89. The summed E-state index contributed by atoms with van der Waals surface area (Å²) >= 11 is 0. The van der Waals surface area contributed by atoms with Crippen molar-refractivity contribution in [3.63, 3.8) is 0 Å². The Labute approximate surface area is 207 Å². The first-order valence-corrected chi connectivity index (χ1v) is 12.2. The number of halogens is 3. The number of hydrogen-bond acceptors (Lipinski definition) is 7. The van der Waals surface area contributed by atoms with E-state index in [-0.39, 0.29) is 31.0 Å². The summed E-state index contributed by atoms with van der Waals surface area (Å²) in [5, 5.41) is 22.5. The highest BCUT2D eigenvalue weighted by Crippen LogP contribution is 2.32. The van der Waals surface area contributed by atoms with E-state index in [4.69, 9.17) is 9.84 Å². The molecule has 196 valence electrons. The van der Waals surface area contributed by atoms with Crippen LogP contribution in [0.25, 0.3) is 0 Å². The van der Waals surface area contributed by atoms with Crippen LogP contribution in [0.5, 0.6) is 5.75 Å². The van der Waals surface area contributed by atoms with Gasteiger partial charge in [0.2, 0.25) is 5.91 Å². The van der Waals surface area contributed by atoms with Crippen molar-refractivity contribution in [3.05, 3.63) is 41.5 Å². The number of fused-ring (bicyclic) bond motifs is 1. The number of amides is 1. The monoisotopic (exact) mass is 508 g/mol. The van der Waals surface area contributed by atoms with E-state index in [2.05, 4.69) is 25.5 Å². The SMILES string of the molecule is CC(CCC(=O)NCCO)Oc1ccc(C2CCN(C3=Nn4c(nnc4C(F)(F)F)CC3)CC2)cc1. The number of hydrogen-bond donors (Lipinski definition) is 2. The van der Waals surface area contributed by atoms with Crippen LogP contribution in [0, 0.1) is 0 Å². The fourth-order valence-electron chi connectivity index (χ4n) is 4.56. The van der Waals surface area contributed by atoms with Gasteiger partial charge in [0.25, 0.3) is 5.82 Å². The highest BCUT2D eigenvalue weighted by atomic mass is 19.4. The molecule has 1 atom stereocenters. The van der Waals surface area contributed by atoms with Crippen molar-refractivity contribution in [2.75, 3.05) is 26.2 Å². The number of aliphatic hydroxyl groups is 1. The first-order valence-electron chi connectivity index (χ1n) is 12.2. The number of amidine groups is 1. The van der Waals surface area contributed by atoms with E-state index in [0.29, 0.717) is 37.4 Å². The molecular weight excluding hydrogens is 477 g/mol. The van der Waals surface area contributed by atoms with Crippen molar-refractivity contribution in [3.8, 4) is 5.75 Å². The molecule has 4 rings (SSSR count). The van der Waals surface area contributed by atoms with Crippen LogP contribution in [0.3, 0.4) is 0 Å². The minimum Gasteiger partial charge on any atom is -0.491 e. The number of carbonyl (C=O) groups is 1. The molecule has 0 radical (unpaired) electrons. The number of aliphatic hydroxyl groups excluding tert-OH is 1. The van der Waals surface area contributed by atoms with Crippen LogP contribution in [-0.4, -0.2) is 69.0 Å². The predicted molar refractivity (Wildman–Crippen MR) is 126 cm³/mol. The van der Waals surface area contributed by atoms with Crippen LogP contribution in [0.1, 0.15) is 62.2 Å². The summed E-state index contributed by atoms with van der Waals surface area (Å²) < 4.78 is 46.3. The number of alkyl halides is 3. The summed E-state index contributed by atoms with van der Waals surface area (Å²) in [6.45, 7) is 3.53. The van der Waals surface area contributed by atoms with E-state index >= 15 is 0 Å². The minimum atomic E-state index is -4.59. The molecule has 1 fully saturated rings. The van der Waals surface area contributed by atoms with Gasteiger partial charge >= 0.3 is 6.18 Å². The summed E-state index contributed by atoms with van der Waals surface area (Å²) in [4.78, 5) is 13.7. The minimum absolute atomic E-state index is 0.0786. The second-order valence-corrected chi connectivity index (χ2v) is 9.14. The predicted octanol–water partition coefficient (Wildman–Crippen LogP) is 2.94. The van der Waals surface area contributed by atoms with Gasteiger partial charge in [-0.15, -0.1) is 10.2 Å². The molecule has 1 unspecified atom stereocenters. The maximum absolute atomic E-state index is 13.2. The molecule has 1 amide bonds. The zero-order chi connectivity index (χ0) is 25.7. The van der Waals surface area contributed by atoms with Gasteiger partial charge in [-0.1, -0.05) is 12.1 Å². The Balaban J connectivity index is 1.28. The summed E-state index contributed by atoms with van der Waals surface area (Å²) in [6, 6.07) is 7.96. The smallest absolute Gasteiger partial charge is 0.453 e. The number of carbonyl (C=O) groups excluding carboxylic acids is 1. The maximum Gasteiger partial charge on any atom is 0.453 e. The molecule has 1 aromatic heterocycles. The van der Waals surface area contributed by atoms with Gasteiger partial charge in [-0.3, -0.25) is 4.79 Å². The lowest BCUT2D eigenvalue weighted by Gasteiger charge is -2.35. The van der Waals surface area contributed by atoms with Crippen molar-refractivity contribution >= 4 is 11.7 Å². The number of likely N-dealkylation sites (tertiary alicyclic amines) is 1. The van der Waals surface area contributed by atoms with E-state index in [1.54, 1.807) is 0 Å². The molecule has 9 nitrogen and oxygen atoms in total. The maximum atomic E-state index is 13.2. The summed E-state index contributed by atoms with van der Waals surface area (Å²) in [5.41, 5.74) is 1.20. The second-order valence-electron chi connectivity index (χ2n) is 9.14. The molecule has 36 heavy (non-hydrogen) atoms. The number of aryl methyl sites for hydroxylation is 1. The Morgan fingerprint density at radius 2 is 1.92 bits per heavy atom. The molecule has 1 aromatic carbocycles. The van der Waals surface area contributed by atoms with Gasteiger partial charge in [0.05, 0.1) is 12.7 Å². The number of nitrogens with zero attached hydrogens (tertiary/aromatic N) is 5. The zero-order valence-electron chi connectivity index (χ0n) is 20.2. The van der Waals surface area contributed by atoms with Gasteiger partial charge < -0.3 is 20.1 Å². The van der Waals surface area contributed by atoms with Crippen molar-refractivity contribution in [1.82, 2.24) is 25.1 Å². The molecule has 0 spiro atoms. The summed E-state index contributed by atoms with van der Waals surface area (Å²) in [6.07, 6.45) is -1.13. The molecule has 2 aliphatic heterocycles. The van der Waals surface area contributed by atoms with Crippen LogP contribution in [0.4, 0.5) is 13.2 Å². The molecule has 2 aliphatic rings. The van der Waals surface area contributed by atoms with E-state index in [1.165, 1.54) is 5.56 Å². The normalized spacial score (nSPS) is 17.4. The zero-order valence-corrected chi connectivity index (χ0v) is 20.2. The highest BCUT2D eigenvalue weighted by molar-refractivity contribution is 5.83. The van der Waals surface area contributed by atoms with Crippen LogP contribution >= 0.6 is 0 Å². The lowest BCUT2D eigenvalue weighted by Crippen LogP contribution is -2.40. The average molecular weight is 509 g/mol. The Bertz CT molecular complexity index is 1060. The number of piperidine rings is 1. The Kier molecular flexibility index (Phi) is 8.12. The van der Waals surface area contributed by atoms with E-state index in [9.17, 15) is 18.0 Å². The number of rotatable bonds is 8. The van der Waals surface area contributed by atoms with E-state index in [1.807, 2.05) is 31.2 Å². The van der Waals surface area contributed by atoms with Crippen LogP contribution in [-0.2, 0) is 17.4 Å². The van der Waals surface area contributed by atoms with Gasteiger partial charge in [-0.25, -0.2) is 0 Å².